The maximum Gasteiger partial charge on any atom is 0.229 e. The fraction of sp³-hybridized carbons (Fsp3) is 0.312. The van der Waals surface area contributed by atoms with Crippen molar-refractivity contribution in [3.8, 4) is 11.6 Å². The number of anilines is 2. The molecule has 0 aliphatic carbocycles. The third-order valence-electron chi connectivity index (χ3n) is 7.47. The molecule has 2 N–H and O–H groups in total. The van der Waals surface area contributed by atoms with E-state index in [-0.39, 0.29) is 18.0 Å². The standard InChI is InChI=1S/C32H36N6O2S/c1-19-11-10-16-34-29(19)37-20(2)17-23(21(37)3)28-27(25-12-8-9-15-33-25)36-31(41)38(28)22-13-14-24(26(18-22)40-7)35-30(39)32(4,5)6/h8-18,27-28H,1-7H3,(H,35,39)(H,36,41)/t27-,28+/m0/s1. The number of benzene rings is 1. The van der Waals surface area contributed by atoms with Gasteiger partial charge in [0.1, 0.15) is 11.6 Å². The van der Waals surface area contributed by atoms with Gasteiger partial charge in [0, 0.05) is 41.0 Å². The molecule has 0 spiro atoms. The molecule has 0 bridgehead atoms. The number of amides is 1. The molecule has 1 aliphatic rings. The monoisotopic (exact) mass is 568 g/mol. The van der Waals surface area contributed by atoms with Crippen molar-refractivity contribution in [3.63, 3.8) is 0 Å². The molecule has 4 aromatic rings. The van der Waals surface area contributed by atoms with Crippen molar-refractivity contribution in [2.75, 3.05) is 17.3 Å². The van der Waals surface area contributed by atoms with Crippen molar-refractivity contribution in [3.05, 3.63) is 95.2 Å². The van der Waals surface area contributed by atoms with Gasteiger partial charge in [0.25, 0.3) is 0 Å². The van der Waals surface area contributed by atoms with Crippen LogP contribution in [0.2, 0.25) is 0 Å². The molecule has 41 heavy (non-hydrogen) atoms. The van der Waals surface area contributed by atoms with Crippen molar-refractivity contribution in [2.24, 2.45) is 5.41 Å². The highest BCUT2D eigenvalue weighted by Crippen LogP contribution is 2.45. The van der Waals surface area contributed by atoms with Gasteiger partial charge in [-0.05, 0) is 80.5 Å². The average Bonchev–Trinajstić information content (AvgIpc) is 3.44. The van der Waals surface area contributed by atoms with E-state index in [0.29, 0.717) is 16.5 Å². The van der Waals surface area contributed by atoms with Crippen molar-refractivity contribution in [1.82, 2.24) is 19.9 Å². The zero-order chi connectivity index (χ0) is 29.5. The quantitative estimate of drug-likeness (QED) is 0.262. The van der Waals surface area contributed by atoms with Gasteiger partial charge in [0.05, 0.1) is 30.6 Å². The van der Waals surface area contributed by atoms with Crippen molar-refractivity contribution < 1.29 is 9.53 Å². The minimum absolute atomic E-state index is 0.0905. The van der Waals surface area contributed by atoms with E-state index in [9.17, 15) is 4.79 Å². The highest BCUT2D eigenvalue weighted by atomic mass is 32.1. The Morgan fingerprint density at radius 3 is 2.44 bits per heavy atom. The van der Waals surface area contributed by atoms with Crippen LogP contribution in [-0.4, -0.2) is 32.7 Å². The van der Waals surface area contributed by atoms with Crippen LogP contribution >= 0.6 is 12.2 Å². The van der Waals surface area contributed by atoms with Crippen LogP contribution in [0, 0.1) is 26.2 Å². The first kappa shape index (κ1) is 28.3. The molecule has 1 fully saturated rings. The molecule has 1 saturated heterocycles. The molecule has 8 nitrogen and oxygen atoms in total. The number of hydrogen-bond acceptors (Lipinski definition) is 5. The lowest BCUT2D eigenvalue weighted by molar-refractivity contribution is -0.123. The minimum Gasteiger partial charge on any atom is -0.494 e. The van der Waals surface area contributed by atoms with Crippen LogP contribution in [-0.2, 0) is 4.79 Å². The van der Waals surface area contributed by atoms with Crippen molar-refractivity contribution in [2.45, 2.75) is 53.6 Å². The molecule has 1 aliphatic heterocycles. The highest BCUT2D eigenvalue weighted by molar-refractivity contribution is 7.80. The van der Waals surface area contributed by atoms with E-state index in [1.807, 2.05) is 69.4 Å². The van der Waals surface area contributed by atoms with Gasteiger partial charge < -0.3 is 24.8 Å². The first-order chi connectivity index (χ1) is 19.5. The number of hydrogen-bond donors (Lipinski definition) is 2. The van der Waals surface area contributed by atoms with Crippen LogP contribution in [0.4, 0.5) is 11.4 Å². The molecule has 1 aromatic carbocycles. The van der Waals surface area contributed by atoms with Gasteiger partial charge in [-0.25, -0.2) is 4.98 Å². The smallest absolute Gasteiger partial charge is 0.229 e. The Morgan fingerprint density at radius 1 is 1.02 bits per heavy atom. The molecule has 0 unspecified atom stereocenters. The topological polar surface area (TPSA) is 84.3 Å². The molecule has 0 radical (unpaired) electrons. The number of carbonyl (C=O) groups is 1. The highest BCUT2D eigenvalue weighted by Gasteiger charge is 2.42. The number of nitrogens with zero attached hydrogens (tertiary/aromatic N) is 4. The van der Waals surface area contributed by atoms with Gasteiger partial charge in [-0.3, -0.25) is 9.78 Å². The molecule has 2 atom stereocenters. The summed E-state index contributed by atoms with van der Waals surface area (Å²) in [4.78, 5) is 24.2. The Bertz CT molecular complexity index is 1610. The van der Waals surface area contributed by atoms with Gasteiger partial charge in [0.15, 0.2) is 5.11 Å². The van der Waals surface area contributed by atoms with Crippen molar-refractivity contribution in [1.29, 1.82) is 0 Å². The van der Waals surface area contributed by atoms with Crippen LogP contribution in [0.25, 0.3) is 5.82 Å². The first-order valence-corrected chi connectivity index (χ1v) is 14.0. The van der Waals surface area contributed by atoms with Crippen LogP contribution < -0.4 is 20.3 Å². The SMILES string of the molecule is COc1cc(N2C(=S)N[C@@H](c3ccccn3)[C@H]2c2cc(C)n(-c3ncccc3C)c2C)ccc1NC(=O)C(C)(C)C. The predicted molar refractivity (Wildman–Crippen MR) is 167 cm³/mol. The van der Waals surface area contributed by atoms with E-state index in [2.05, 4.69) is 53.0 Å². The number of rotatable bonds is 6. The summed E-state index contributed by atoms with van der Waals surface area (Å²) in [6.07, 6.45) is 3.62. The maximum absolute atomic E-state index is 12.7. The van der Waals surface area contributed by atoms with E-state index < -0.39 is 5.41 Å². The molecular weight excluding hydrogens is 532 g/mol. The molecule has 0 saturated carbocycles. The van der Waals surface area contributed by atoms with Crippen molar-refractivity contribution >= 4 is 34.6 Å². The summed E-state index contributed by atoms with van der Waals surface area (Å²) in [7, 11) is 1.60. The normalized spacial score (nSPS) is 17.0. The first-order valence-electron chi connectivity index (χ1n) is 13.6. The summed E-state index contributed by atoms with van der Waals surface area (Å²) in [6.45, 7) is 11.9. The lowest BCUT2D eigenvalue weighted by Gasteiger charge is -2.29. The van der Waals surface area contributed by atoms with Gasteiger partial charge in [-0.15, -0.1) is 0 Å². The van der Waals surface area contributed by atoms with E-state index >= 15 is 0 Å². The fourth-order valence-corrected chi connectivity index (χ4v) is 5.66. The number of aromatic nitrogens is 3. The fourth-order valence-electron chi connectivity index (χ4n) is 5.32. The molecule has 1 amide bonds. The number of aryl methyl sites for hydroxylation is 2. The van der Waals surface area contributed by atoms with E-state index in [1.54, 1.807) is 13.3 Å². The van der Waals surface area contributed by atoms with Crippen LogP contribution in [0.1, 0.15) is 61.1 Å². The second-order valence-electron chi connectivity index (χ2n) is 11.4. The number of pyridine rings is 2. The Hall–Kier alpha value is -4.24. The second-order valence-corrected chi connectivity index (χ2v) is 11.8. The van der Waals surface area contributed by atoms with Crippen LogP contribution in [0.3, 0.4) is 0 Å². The number of nitrogens with one attached hydrogen (secondary N) is 2. The summed E-state index contributed by atoms with van der Waals surface area (Å²) in [5, 5.41) is 7.12. The average molecular weight is 569 g/mol. The van der Waals surface area contributed by atoms with Gasteiger partial charge in [-0.1, -0.05) is 32.9 Å². The molecule has 9 heteroatoms. The van der Waals surface area contributed by atoms with E-state index in [4.69, 9.17) is 26.9 Å². The zero-order valence-electron chi connectivity index (χ0n) is 24.5. The lowest BCUT2D eigenvalue weighted by Crippen LogP contribution is -2.30. The van der Waals surface area contributed by atoms with E-state index in [1.165, 1.54) is 0 Å². The Balaban J connectivity index is 1.64. The van der Waals surface area contributed by atoms with Crippen LogP contribution in [0.5, 0.6) is 5.75 Å². The Morgan fingerprint density at radius 2 is 1.78 bits per heavy atom. The molecule has 4 heterocycles. The lowest BCUT2D eigenvalue weighted by atomic mass is 9.95. The zero-order valence-corrected chi connectivity index (χ0v) is 25.3. The largest absolute Gasteiger partial charge is 0.494 e. The third kappa shape index (κ3) is 5.29. The van der Waals surface area contributed by atoms with E-state index in [0.717, 1.165) is 39.7 Å². The number of carbonyl (C=O) groups excluding carboxylic acids is 1. The Kier molecular flexibility index (Phi) is 7.57. The second kappa shape index (κ2) is 11.0. The third-order valence-corrected chi connectivity index (χ3v) is 7.79. The molecule has 3 aromatic heterocycles. The summed E-state index contributed by atoms with van der Waals surface area (Å²) in [5.74, 6) is 1.37. The predicted octanol–water partition coefficient (Wildman–Crippen LogP) is 6.36. The molecular formula is C32H36N6O2S. The Labute approximate surface area is 246 Å². The molecule has 212 valence electrons. The van der Waals surface area contributed by atoms with Crippen LogP contribution in [0.15, 0.2) is 67.0 Å². The maximum atomic E-state index is 12.7. The van der Waals surface area contributed by atoms with Gasteiger partial charge >= 0.3 is 0 Å². The summed E-state index contributed by atoms with van der Waals surface area (Å²) < 4.78 is 7.93. The van der Waals surface area contributed by atoms with Gasteiger partial charge in [-0.2, -0.15) is 0 Å². The number of methoxy groups -OCH3 is 1. The number of thiocarbonyl (C=S) groups is 1. The molecule has 5 rings (SSSR count). The minimum atomic E-state index is -0.542. The summed E-state index contributed by atoms with van der Waals surface area (Å²) in [5.41, 5.74) is 6.16. The number of ether oxygens (including phenoxy) is 1. The summed E-state index contributed by atoms with van der Waals surface area (Å²) >= 11 is 5.96. The summed E-state index contributed by atoms with van der Waals surface area (Å²) in [6, 6.07) is 17.5. The van der Waals surface area contributed by atoms with Gasteiger partial charge in [0.2, 0.25) is 5.91 Å².